The van der Waals surface area contributed by atoms with E-state index >= 15 is 0 Å². The van der Waals surface area contributed by atoms with Gasteiger partial charge < -0.3 is 10.1 Å². The quantitative estimate of drug-likeness (QED) is 0.609. The van der Waals surface area contributed by atoms with Gasteiger partial charge in [0.25, 0.3) is 0 Å². The van der Waals surface area contributed by atoms with Gasteiger partial charge in [-0.05, 0) is 25.0 Å². The Morgan fingerprint density at radius 1 is 1.54 bits per heavy atom. The van der Waals surface area contributed by atoms with Crippen LogP contribution >= 0.6 is 11.8 Å². The first-order valence-corrected chi connectivity index (χ1v) is 6.21. The fourth-order valence-corrected chi connectivity index (χ4v) is 2.07. The van der Waals surface area contributed by atoms with Gasteiger partial charge in [-0.25, -0.2) is 0 Å². The van der Waals surface area contributed by atoms with E-state index in [0.717, 1.165) is 17.9 Å². The van der Waals surface area contributed by atoms with E-state index in [1.54, 1.807) is 7.11 Å². The first kappa shape index (κ1) is 11.3. The second kappa shape index (κ2) is 6.68. The van der Waals surface area contributed by atoms with Crippen molar-refractivity contribution in [1.82, 2.24) is 5.32 Å². The van der Waals surface area contributed by atoms with Gasteiger partial charge in [0.15, 0.2) is 0 Å². The Balaban J connectivity index is 1.81. The minimum atomic E-state index is 0.748. The third-order valence-corrected chi connectivity index (χ3v) is 3.43. The van der Waals surface area contributed by atoms with Gasteiger partial charge in [0.2, 0.25) is 0 Å². The lowest BCUT2D eigenvalue weighted by molar-refractivity contribution is 0.200. The van der Waals surface area contributed by atoms with E-state index in [4.69, 9.17) is 4.74 Å². The van der Waals surface area contributed by atoms with Crippen LogP contribution in [0.4, 0.5) is 0 Å². The second-order valence-corrected chi connectivity index (χ2v) is 5.26. The maximum atomic E-state index is 5.00. The molecule has 1 saturated carbocycles. The first-order valence-electron chi connectivity index (χ1n) is 5.17. The third kappa shape index (κ3) is 6.36. The van der Waals surface area contributed by atoms with E-state index in [1.165, 1.54) is 31.6 Å². The van der Waals surface area contributed by atoms with Crippen LogP contribution in [0, 0.1) is 0 Å². The summed E-state index contributed by atoms with van der Waals surface area (Å²) >= 11 is 2.04. The highest BCUT2D eigenvalue weighted by atomic mass is 32.2. The number of methoxy groups -OCH3 is 1. The molecule has 3 heteroatoms. The monoisotopic (exact) mass is 203 g/mol. The number of thioether (sulfide) groups is 1. The van der Waals surface area contributed by atoms with Gasteiger partial charge in [-0.1, -0.05) is 6.92 Å². The zero-order valence-corrected chi connectivity index (χ0v) is 9.53. The van der Waals surface area contributed by atoms with E-state index in [9.17, 15) is 0 Å². The lowest BCUT2D eigenvalue weighted by Crippen LogP contribution is -2.24. The fourth-order valence-electron chi connectivity index (χ4n) is 1.17. The largest absolute Gasteiger partial charge is 0.385 e. The Morgan fingerprint density at radius 2 is 2.31 bits per heavy atom. The molecule has 0 bridgehead atoms. The third-order valence-electron chi connectivity index (χ3n) is 2.17. The average molecular weight is 203 g/mol. The second-order valence-electron chi connectivity index (χ2n) is 3.71. The Labute approximate surface area is 85.8 Å². The Kier molecular flexibility index (Phi) is 5.83. The van der Waals surface area contributed by atoms with Crippen LogP contribution in [0.15, 0.2) is 0 Å². The van der Waals surface area contributed by atoms with E-state index in [0.29, 0.717) is 0 Å². The summed E-state index contributed by atoms with van der Waals surface area (Å²) in [5.41, 5.74) is 0. The zero-order valence-electron chi connectivity index (χ0n) is 8.71. The Bertz CT molecular complexity index is 128. The molecule has 0 aliphatic heterocycles. The fraction of sp³-hybridized carbons (Fsp3) is 1.00. The van der Waals surface area contributed by atoms with Crippen LogP contribution in [0.1, 0.15) is 26.2 Å². The molecule has 1 rings (SSSR count). The molecule has 0 spiro atoms. The molecule has 1 fully saturated rings. The highest BCUT2D eigenvalue weighted by Crippen LogP contribution is 2.19. The molecule has 13 heavy (non-hydrogen) atoms. The highest BCUT2D eigenvalue weighted by molar-refractivity contribution is 7.99. The maximum Gasteiger partial charge on any atom is 0.0470 e. The van der Waals surface area contributed by atoms with Crippen LogP contribution in [0.2, 0.25) is 0 Å². The number of hydrogen-bond acceptors (Lipinski definition) is 3. The van der Waals surface area contributed by atoms with E-state index in [2.05, 4.69) is 12.2 Å². The van der Waals surface area contributed by atoms with Gasteiger partial charge in [-0.15, -0.1) is 0 Å². The molecule has 0 amide bonds. The van der Waals surface area contributed by atoms with Crippen molar-refractivity contribution in [3.8, 4) is 0 Å². The summed E-state index contributed by atoms with van der Waals surface area (Å²) in [7, 11) is 1.77. The molecule has 0 aromatic heterocycles. The number of rotatable bonds is 8. The molecule has 0 heterocycles. The predicted molar refractivity (Wildman–Crippen MR) is 59.4 cm³/mol. The van der Waals surface area contributed by atoms with Crippen molar-refractivity contribution in [1.29, 1.82) is 0 Å². The van der Waals surface area contributed by atoms with E-state index in [1.807, 2.05) is 11.8 Å². The molecular formula is C10H21NOS. The molecule has 0 aromatic rings. The van der Waals surface area contributed by atoms with Gasteiger partial charge in [0.1, 0.15) is 0 Å². The van der Waals surface area contributed by atoms with E-state index < -0.39 is 0 Å². The molecule has 78 valence electrons. The van der Waals surface area contributed by atoms with Gasteiger partial charge >= 0.3 is 0 Å². The minimum Gasteiger partial charge on any atom is -0.385 e. The number of hydrogen-bond donors (Lipinski definition) is 1. The molecule has 2 nitrogen and oxygen atoms in total. The van der Waals surface area contributed by atoms with Crippen LogP contribution < -0.4 is 5.32 Å². The molecule has 1 unspecified atom stereocenters. The number of ether oxygens (including phenoxy) is 1. The Hall–Kier alpha value is 0.270. The van der Waals surface area contributed by atoms with Crippen LogP contribution in [-0.2, 0) is 4.74 Å². The van der Waals surface area contributed by atoms with Crippen molar-refractivity contribution in [2.75, 3.05) is 26.0 Å². The highest BCUT2D eigenvalue weighted by Gasteiger charge is 2.20. The van der Waals surface area contributed by atoms with Crippen LogP contribution in [0.5, 0.6) is 0 Å². The minimum absolute atomic E-state index is 0.748. The Morgan fingerprint density at radius 3 is 2.92 bits per heavy atom. The molecular weight excluding hydrogens is 182 g/mol. The van der Waals surface area contributed by atoms with Crippen LogP contribution in [0.25, 0.3) is 0 Å². The average Bonchev–Trinajstić information content (AvgIpc) is 2.92. The molecule has 0 radical (unpaired) electrons. The van der Waals surface area contributed by atoms with E-state index in [-0.39, 0.29) is 0 Å². The predicted octanol–water partition coefficient (Wildman–Crippen LogP) is 1.90. The zero-order chi connectivity index (χ0) is 9.52. The van der Waals surface area contributed by atoms with Crippen LogP contribution in [0.3, 0.4) is 0 Å². The summed E-state index contributed by atoms with van der Waals surface area (Å²) in [4.78, 5) is 0. The summed E-state index contributed by atoms with van der Waals surface area (Å²) in [6.07, 6.45) is 3.96. The van der Waals surface area contributed by atoms with Gasteiger partial charge in [0.05, 0.1) is 0 Å². The van der Waals surface area contributed by atoms with Crippen molar-refractivity contribution in [2.24, 2.45) is 0 Å². The van der Waals surface area contributed by atoms with Crippen molar-refractivity contribution in [3.63, 3.8) is 0 Å². The summed E-state index contributed by atoms with van der Waals surface area (Å²) < 4.78 is 5.00. The molecule has 0 saturated heterocycles. The smallest absolute Gasteiger partial charge is 0.0470 e. The van der Waals surface area contributed by atoms with Crippen molar-refractivity contribution >= 4 is 11.8 Å². The molecule has 0 aromatic carbocycles. The van der Waals surface area contributed by atoms with Gasteiger partial charge in [-0.2, -0.15) is 11.8 Å². The summed E-state index contributed by atoms with van der Waals surface area (Å²) in [6, 6.07) is 0.849. The SMILES string of the molecule is COCCCSC(C)CNC1CC1. The summed E-state index contributed by atoms with van der Waals surface area (Å²) in [5.74, 6) is 1.22. The molecule has 1 aliphatic rings. The first-order chi connectivity index (χ1) is 6.33. The lowest BCUT2D eigenvalue weighted by atomic mass is 10.4. The van der Waals surface area contributed by atoms with Crippen molar-refractivity contribution in [2.45, 2.75) is 37.5 Å². The number of nitrogens with one attached hydrogen (secondary N) is 1. The van der Waals surface area contributed by atoms with Crippen LogP contribution in [-0.4, -0.2) is 37.3 Å². The topological polar surface area (TPSA) is 21.3 Å². The molecule has 1 aliphatic carbocycles. The molecule has 1 atom stereocenters. The van der Waals surface area contributed by atoms with Gasteiger partial charge in [-0.3, -0.25) is 0 Å². The standard InChI is InChI=1S/C10H21NOS/c1-9(8-11-10-4-5-10)13-7-3-6-12-2/h9-11H,3-8H2,1-2H3. The lowest BCUT2D eigenvalue weighted by Gasteiger charge is -2.11. The van der Waals surface area contributed by atoms with Gasteiger partial charge in [0, 0.05) is 31.6 Å². The molecule has 1 N–H and O–H groups in total. The normalized spacial score (nSPS) is 18.9. The summed E-state index contributed by atoms with van der Waals surface area (Å²) in [5, 5.41) is 4.29. The van der Waals surface area contributed by atoms with Crippen molar-refractivity contribution < 1.29 is 4.74 Å². The van der Waals surface area contributed by atoms with Crippen molar-refractivity contribution in [3.05, 3.63) is 0 Å². The summed E-state index contributed by atoms with van der Waals surface area (Å²) in [6.45, 7) is 4.37. The maximum absolute atomic E-state index is 5.00.